The van der Waals surface area contributed by atoms with Gasteiger partial charge in [0.05, 0.1) is 0 Å². The van der Waals surface area contributed by atoms with Crippen LogP contribution in [-0.4, -0.2) is 18.5 Å². The lowest BCUT2D eigenvalue weighted by molar-refractivity contribution is -0.139. The van der Waals surface area contributed by atoms with E-state index in [2.05, 4.69) is 23.7 Å². The van der Waals surface area contributed by atoms with Gasteiger partial charge in [0.1, 0.15) is 12.4 Å². The molecule has 0 aromatic heterocycles. The Labute approximate surface area is 123 Å². The highest BCUT2D eigenvalue weighted by molar-refractivity contribution is 5.69. The quantitative estimate of drug-likeness (QED) is 0.484. The Morgan fingerprint density at radius 1 is 1.19 bits per heavy atom. The van der Waals surface area contributed by atoms with Gasteiger partial charge < -0.3 is 9.47 Å². The molecule has 0 radical (unpaired) electrons. The second kappa shape index (κ2) is 9.01. The van der Waals surface area contributed by atoms with E-state index in [0.717, 1.165) is 0 Å². The minimum Gasteiger partial charge on any atom is -0.462 e. The molecular weight excluding hydrogens is 268 g/mol. The summed E-state index contributed by atoms with van der Waals surface area (Å²) in [5.74, 6) is 10.6. The van der Waals surface area contributed by atoms with Crippen molar-refractivity contribution in [1.29, 1.82) is 0 Å². The Hall–Kier alpha value is -2.98. The summed E-state index contributed by atoms with van der Waals surface area (Å²) in [6, 6.07) is 6.87. The van der Waals surface area contributed by atoms with Gasteiger partial charge in [-0.1, -0.05) is 17.9 Å². The van der Waals surface area contributed by atoms with Crippen LogP contribution in [0.3, 0.4) is 0 Å². The molecule has 1 aromatic rings. The van der Waals surface area contributed by atoms with Gasteiger partial charge in [-0.2, -0.15) is 0 Å². The van der Waals surface area contributed by atoms with Crippen molar-refractivity contribution in [2.45, 2.75) is 13.8 Å². The minimum atomic E-state index is -0.377. The summed E-state index contributed by atoms with van der Waals surface area (Å²) < 4.78 is 9.64. The van der Waals surface area contributed by atoms with Crippen LogP contribution in [-0.2, 0) is 14.3 Å². The Bertz CT molecular complexity index is 663. The molecular formula is C17H14O4. The third-order valence-electron chi connectivity index (χ3n) is 2.02. The molecule has 0 fully saturated rings. The average Bonchev–Trinajstić information content (AvgIpc) is 2.41. The van der Waals surface area contributed by atoms with E-state index >= 15 is 0 Å². The third kappa shape index (κ3) is 7.92. The Balaban J connectivity index is 2.55. The lowest BCUT2D eigenvalue weighted by Crippen LogP contribution is -2.01. The van der Waals surface area contributed by atoms with E-state index in [1.165, 1.54) is 13.8 Å². The predicted molar refractivity (Wildman–Crippen MR) is 78.2 cm³/mol. The van der Waals surface area contributed by atoms with Gasteiger partial charge in [0, 0.05) is 19.4 Å². The number of allylic oxidation sites excluding steroid dienone is 1. The highest BCUT2D eigenvalue weighted by Gasteiger charge is 1.97. The number of benzene rings is 1. The van der Waals surface area contributed by atoms with Crippen molar-refractivity contribution in [3.63, 3.8) is 0 Å². The molecule has 0 heterocycles. The molecule has 21 heavy (non-hydrogen) atoms. The predicted octanol–water partition coefficient (Wildman–Crippen LogP) is 2.09. The van der Waals surface area contributed by atoms with E-state index in [1.54, 1.807) is 36.4 Å². The first-order chi connectivity index (χ1) is 10.1. The first-order valence-electron chi connectivity index (χ1n) is 6.16. The Morgan fingerprint density at radius 2 is 2.00 bits per heavy atom. The zero-order valence-corrected chi connectivity index (χ0v) is 11.8. The first kappa shape index (κ1) is 16.1. The van der Waals surface area contributed by atoms with E-state index in [0.29, 0.717) is 11.3 Å². The average molecular weight is 282 g/mol. The molecule has 0 N–H and O–H groups in total. The van der Waals surface area contributed by atoms with Crippen LogP contribution in [0, 0.1) is 23.7 Å². The molecule has 1 rings (SSSR count). The summed E-state index contributed by atoms with van der Waals surface area (Å²) in [6.07, 6.45) is 3.18. The topological polar surface area (TPSA) is 52.6 Å². The van der Waals surface area contributed by atoms with Crippen molar-refractivity contribution in [2.24, 2.45) is 0 Å². The number of carbonyl (C=O) groups is 2. The van der Waals surface area contributed by atoms with Crippen LogP contribution in [0.2, 0.25) is 0 Å². The molecule has 0 amide bonds. The maximum atomic E-state index is 10.8. The van der Waals surface area contributed by atoms with Crippen molar-refractivity contribution in [3.05, 3.63) is 42.0 Å². The third-order valence-corrected chi connectivity index (χ3v) is 2.02. The van der Waals surface area contributed by atoms with Crippen LogP contribution >= 0.6 is 0 Å². The number of rotatable bonds is 3. The molecule has 0 aliphatic heterocycles. The fraction of sp³-hybridized carbons (Fsp3) is 0.176. The molecule has 0 atom stereocenters. The van der Waals surface area contributed by atoms with Gasteiger partial charge >= 0.3 is 11.9 Å². The lowest BCUT2D eigenvalue weighted by atomic mass is 10.2. The van der Waals surface area contributed by atoms with Crippen molar-refractivity contribution in [1.82, 2.24) is 0 Å². The van der Waals surface area contributed by atoms with Crippen LogP contribution in [0.1, 0.15) is 19.4 Å². The van der Waals surface area contributed by atoms with Gasteiger partial charge in [0.15, 0.2) is 0 Å². The molecule has 0 saturated heterocycles. The summed E-state index contributed by atoms with van der Waals surface area (Å²) >= 11 is 0. The summed E-state index contributed by atoms with van der Waals surface area (Å²) in [7, 11) is 0. The van der Waals surface area contributed by atoms with E-state index in [1.807, 2.05) is 0 Å². The van der Waals surface area contributed by atoms with Crippen LogP contribution in [0.15, 0.2) is 36.4 Å². The summed E-state index contributed by atoms with van der Waals surface area (Å²) in [5, 5.41) is 0. The van der Waals surface area contributed by atoms with Crippen LogP contribution in [0.4, 0.5) is 0 Å². The molecule has 0 saturated carbocycles. The number of hydrogen-bond acceptors (Lipinski definition) is 4. The molecule has 0 aliphatic rings. The van der Waals surface area contributed by atoms with Crippen molar-refractivity contribution < 1.29 is 19.1 Å². The van der Waals surface area contributed by atoms with E-state index in [9.17, 15) is 9.59 Å². The fourth-order valence-corrected chi connectivity index (χ4v) is 1.26. The number of ether oxygens (including phenoxy) is 2. The normalized spacial score (nSPS) is 9.05. The molecule has 0 bridgehead atoms. The summed E-state index contributed by atoms with van der Waals surface area (Å²) in [6.45, 7) is 2.88. The van der Waals surface area contributed by atoms with Crippen molar-refractivity contribution >= 4 is 11.9 Å². The van der Waals surface area contributed by atoms with Gasteiger partial charge in [-0.15, -0.1) is 0 Å². The molecule has 4 heteroatoms. The minimum absolute atomic E-state index is 0.196. The van der Waals surface area contributed by atoms with Crippen LogP contribution in [0.5, 0.6) is 5.75 Å². The summed E-state index contributed by atoms with van der Waals surface area (Å²) in [5.41, 5.74) is 0.701. The molecule has 4 nitrogen and oxygen atoms in total. The van der Waals surface area contributed by atoms with E-state index in [-0.39, 0.29) is 18.5 Å². The van der Waals surface area contributed by atoms with Crippen molar-refractivity contribution in [3.8, 4) is 29.4 Å². The van der Waals surface area contributed by atoms with Gasteiger partial charge in [0.25, 0.3) is 0 Å². The fourth-order valence-electron chi connectivity index (χ4n) is 1.26. The molecule has 0 aliphatic carbocycles. The number of hydrogen-bond donors (Lipinski definition) is 0. The largest absolute Gasteiger partial charge is 0.462 e. The van der Waals surface area contributed by atoms with Gasteiger partial charge in [-0.3, -0.25) is 9.59 Å². The second-order valence-corrected chi connectivity index (χ2v) is 3.85. The summed E-state index contributed by atoms with van der Waals surface area (Å²) in [4.78, 5) is 21.3. The second-order valence-electron chi connectivity index (χ2n) is 3.85. The molecule has 0 spiro atoms. The zero-order chi connectivity index (χ0) is 15.5. The smallest absolute Gasteiger partial charge is 0.308 e. The zero-order valence-electron chi connectivity index (χ0n) is 11.8. The van der Waals surface area contributed by atoms with Gasteiger partial charge in [0.2, 0.25) is 0 Å². The lowest BCUT2D eigenvalue weighted by Gasteiger charge is -1.99. The maximum Gasteiger partial charge on any atom is 0.308 e. The van der Waals surface area contributed by atoms with Crippen LogP contribution < -0.4 is 4.74 Å². The van der Waals surface area contributed by atoms with Crippen LogP contribution in [0.25, 0.3) is 0 Å². The standard InChI is InChI=1S/C17H14O4/c1-14(18)20-12-7-5-3-4-6-9-16-10-8-11-17(13-16)21-15(2)19/h5,7-8,10-11,13H,12H2,1-2H3. The molecule has 1 aromatic carbocycles. The molecule has 106 valence electrons. The first-order valence-corrected chi connectivity index (χ1v) is 6.16. The highest BCUT2D eigenvalue weighted by atomic mass is 16.5. The van der Waals surface area contributed by atoms with E-state index in [4.69, 9.17) is 9.47 Å². The SMILES string of the molecule is CC(=O)OCC=CC#CC#Cc1cccc(OC(C)=O)c1. The van der Waals surface area contributed by atoms with E-state index < -0.39 is 0 Å². The maximum absolute atomic E-state index is 10.8. The Morgan fingerprint density at radius 3 is 2.71 bits per heavy atom. The monoisotopic (exact) mass is 282 g/mol. The van der Waals surface area contributed by atoms with Gasteiger partial charge in [-0.25, -0.2) is 0 Å². The van der Waals surface area contributed by atoms with Gasteiger partial charge in [-0.05, 0) is 42.2 Å². The number of carbonyl (C=O) groups excluding carboxylic acids is 2. The number of esters is 2. The molecule has 0 unspecified atom stereocenters. The van der Waals surface area contributed by atoms with Crippen molar-refractivity contribution in [2.75, 3.05) is 6.61 Å². The highest BCUT2D eigenvalue weighted by Crippen LogP contribution is 2.12. The Kier molecular flexibility index (Phi) is 6.90.